The lowest BCUT2D eigenvalue weighted by atomic mass is 10.1. The summed E-state index contributed by atoms with van der Waals surface area (Å²) < 4.78 is 7.70. The van der Waals surface area contributed by atoms with Crippen LogP contribution in [0.5, 0.6) is 11.6 Å². The summed E-state index contributed by atoms with van der Waals surface area (Å²) in [5, 5.41) is 13.7. The fourth-order valence-corrected chi connectivity index (χ4v) is 2.76. The van der Waals surface area contributed by atoms with Gasteiger partial charge >= 0.3 is 0 Å². The third-order valence-electron chi connectivity index (χ3n) is 4.26. The summed E-state index contributed by atoms with van der Waals surface area (Å²) in [5.41, 5.74) is 9.50. The van der Waals surface area contributed by atoms with Crippen molar-refractivity contribution >= 4 is 0 Å². The van der Waals surface area contributed by atoms with Crippen LogP contribution >= 0.6 is 0 Å². The van der Waals surface area contributed by atoms with Gasteiger partial charge in [-0.25, -0.2) is 9.67 Å². The largest absolute Gasteiger partial charge is 0.437 e. The SMILES string of the molecule is Cn1nc(-c2ccccn2)cc1Oc1cc(C#N)cnc1-c1ccc(CN)cn1. The van der Waals surface area contributed by atoms with Gasteiger partial charge in [-0.1, -0.05) is 12.1 Å². The van der Waals surface area contributed by atoms with Crippen molar-refractivity contribution in [1.82, 2.24) is 24.7 Å². The molecule has 0 aliphatic carbocycles. The van der Waals surface area contributed by atoms with Crippen molar-refractivity contribution in [3.63, 3.8) is 0 Å². The molecule has 0 aromatic carbocycles. The van der Waals surface area contributed by atoms with Crippen LogP contribution in [0.3, 0.4) is 0 Å². The molecule has 0 fully saturated rings. The number of hydrogen-bond acceptors (Lipinski definition) is 7. The van der Waals surface area contributed by atoms with Gasteiger partial charge in [-0.3, -0.25) is 9.97 Å². The summed E-state index contributed by atoms with van der Waals surface area (Å²) >= 11 is 0. The maximum absolute atomic E-state index is 9.26. The topological polar surface area (TPSA) is 116 Å². The molecular formula is C21H17N7O. The molecule has 0 spiro atoms. The fourth-order valence-electron chi connectivity index (χ4n) is 2.76. The molecule has 0 atom stereocenters. The van der Waals surface area contributed by atoms with Crippen molar-refractivity contribution < 1.29 is 4.74 Å². The van der Waals surface area contributed by atoms with Gasteiger partial charge < -0.3 is 10.5 Å². The summed E-state index contributed by atoms with van der Waals surface area (Å²) in [5.74, 6) is 0.898. The van der Waals surface area contributed by atoms with Gasteiger partial charge in [0.1, 0.15) is 17.5 Å². The van der Waals surface area contributed by atoms with E-state index in [2.05, 4.69) is 26.1 Å². The average Bonchev–Trinajstić information content (AvgIpc) is 3.14. The second-order valence-corrected chi connectivity index (χ2v) is 6.25. The van der Waals surface area contributed by atoms with Gasteiger partial charge in [-0.2, -0.15) is 10.4 Å². The third-order valence-corrected chi connectivity index (χ3v) is 4.26. The van der Waals surface area contributed by atoms with E-state index < -0.39 is 0 Å². The molecule has 142 valence electrons. The molecule has 4 aromatic heterocycles. The Labute approximate surface area is 167 Å². The first kappa shape index (κ1) is 18.3. The fraction of sp³-hybridized carbons (Fsp3) is 0.0952. The van der Waals surface area contributed by atoms with Crippen molar-refractivity contribution in [1.29, 1.82) is 5.26 Å². The Hall–Kier alpha value is -4.09. The summed E-state index contributed by atoms with van der Waals surface area (Å²) in [6.45, 7) is 0.406. The molecule has 8 nitrogen and oxygen atoms in total. The van der Waals surface area contributed by atoms with E-state index in [1.54, 1.807) is 36.3 Å². The van der Waals surface area contributed by atoms with E-state index in [0.717, 1.165) is 11.3 Å². The van der Waals surface area contributed by atoms with Crippen LogP contribution in [0.25, 0.3) is 22.8 Å². The zero-order chi connectivity index (χ0) is 20.2. The smallest absolute Gasteiger partial charge is 0.218 e. The standard InChI is InChI=1S/C21H17N7O/c1-28-20(9-18(27-28)16-4-2-3-7-24-16)29-19-8-15(11-23)13-26-21(19)17-6-5-14(10-22)12-25-17/h2-9,12-13H,10,22H2,1H3. The summed E-state index contributed by atoms with van der Waals surface area (Å²) in [4.78, 5) is 13.1. The second kappa shape index (κ2) is 7.88. The molecule has 4 aromatic rings. The Balaban J connectivity index is 1.73. The van der Waals surface area contributed by atoms with Gasteiger partial charge in [0.15, 0.2) is 5.75 Å². The molecule has 0 saturated heterocycles. The molecule has 0 radical (unpaired) electrons. The molecule has 0 bridgehead atoms. The molecular weight excluding hydrogens is 366 g/mol. The molecule has 0 amide bonds. The first-order chi connectivity index (χ1) is 14.2. The Kier molecular flexibility index (Phi) is 4.97. The number of nitrogens with zero attached hydrogens (tertiary/aromatic N) is 6. The monoisotopic (exact) mass is 383 g/mol. The second-order valence-electron chi connectivity index (χ2n) is 6.25. The van der Waals surface area contributed by atoms with Gasteiger partial charge in [-0.15, -0.1) is 0 Å². The van der Waals surface area contributed by atoms with Crippen LogP contribution in [0.1, 0.15) is 11.1 Å². The number of aromatic nitrogens is 5. The lowest BCUT2D eigenvalue weighted by Crippen LogP contribution is -2.00. The molecule has 0 saturated carbocycles. The number of pyridine rings is 3. The van der Waals surface area contributed by atoms with Crippen LogP contribution in [-0.4, -0.2) is 24.7 Å². The van der Waals surface area contributed by atoms with Gasteiger partial charge in [0.05, 0.1) is 17.0 Å². The van der Waals surface area contributed by atoms with E-state index >= 15 is 0 Å². The Bertz CT molecular complexity index is 1180. The Morgan fingerprint density at radius 3 is 2.62 bits per heavy atom. The Morgan fingerprint density at radius 2 is 1.93 bits per heavy atom. The predicted molar refractivity (Wildman–Crippen MR) is 107 cm³/mol. The van der Waals surface area contributed by atoms with Crippen LogP contribution in [-0.2, 0) is 13.6 Å². The number of aryl methyl sites for hydroxylation is 1. The van der Waals surface area contributed by atoms with Crippen molar-refractivity contribution in [2.75, 3.05) is 0 Å². The molecule has 0 aliphatic heterocycles. The number of ether oxygens (including phenoxy) is 1. The van der Waals surface area contributed by atoms with E-state index in [4.69, 9.17) is 10.5 Å². The van der Waals surface area contributed by atoms with E-state index in [1.165, 1.54) is 6.20 Å². The molecule has 0 aliphatic rings. The molecule has 4 rings (SSSR count). The minimum atomic E-state index is 0.384. The number of nitriles is 1. The lowest BCUT2D eigenvalue weighted by Gasteiger charge is -2.10. The molecule has 0 unspecified atom stereocenters. The van der Waals surface area contributed by atoms with Crippen LogP contribution in [0.4, 0.5) is 0 Å². The first-order valence-corrected chi connectivity index (χ1v) is 8.86. The maximum Gasteiger partial charge on any atom is 0.218 e. The van der Waals surface area contributed by atoms with Gasteiger partial charge in [0, 0.05) is 44.3 Å². The molecule has 29 heavy (non-hydrogen) atoms. The third kappa shape index (κ3) is 3.81. The average molecular weight is 383 g/mol. The maximum atomic E-state index is 9.26. The number of nitrogens with two attached hydrogens (primary N) is 1. The van der Waals surface area contributed by atoms with Gasteiger partial charge in [0.2, 0.25) is 5.88 Å². The molecule has 8 heteroatoms. The van der Waals surface area contributed by atoms with E-state index in [-0.39, 0.29) is 0 Å². The quantitative estimate of drug-likeness (QED) is 0.563. The van der Waals surface area contributed by atoms with Crippen LogP contribution in [0, 0.1) is 11.3 Å². The summed E-state index contributed by atoms with van der Waals surface area (Å²) in [6, 6.07) is 14.8. The highest BCUT2D eigenvalue weighted by Gasteiger charge is 2.16. The highest BCUT2D eigenvalue weighted by atomic mass is 16.5. The van der Waals surface area contributed by atoms with Crippen LogP contribution in [0.2, 0.25) is 0 Å². The van der Waals surface area contributed by atoms with Crippen molar-refractivity contribution in [3.8, 4) is 40.5 Å². The molecule has 2 N–H and O–H groups in total. The van der Waals surface area contributed by atoms with E-state index in [9.17, 15) is 5.26 Å². The van der Waals surface area contributed by atoms with Crippen LogP contribution < -0.4 is 10.5 Å². The minimum absolute atomic E-state index is 0.384. The zero-order valence-electron chi connectivity index (χ0n) is 15.6. The lowest BCUT2D eigenvalue weighted by molar-refractivity contribution is 0.430. The number of rotatable bonds is 5. The first-order valence-electron chi connectivity index (χ1n) is 8.86. The van der Waals surface area contributed by atoms with Crippen molar-refractivity contribution in [2.24, 2.45) is 12.8 Å². The van der Waals surface area contributed by atoms with E-state index in [1.807, 2.05) is 30.3 Å². The van der Waals surface area contributed by atoms with E-state index in [0.29, 0.717) is 40.8 Å². The van der Waals surface area contributed by atoms with Crippen molar-refractivity contribution in [3.05, 3.63) is 72.2 Å². The molecule has 4 heterocycles. The highest BCUT2D eigenvalue weighted by molar-refractivity contribution is 5.65. The van der Waals surface area contributed by atoms with Crippen molar-refractivity contribution in [2.45, 2.75) is 6.54 Å². The van der Waals surface area contributed by atoms with Gasteiger partial charge in [0.25, 0.3) is 0 Å². The summed E-state index contributed by atoms with van der Waals surface area (Å²) in [7, 11) is 1.78. The van der Waals surface area contributed by atoms with Crippen LogP contribution in [0.15, 0.2) is 61.1 Å². The van der Waals surface area contributed by atoms with Gasteiger partial charge in [-0.05, 0) is 23.8 Å². The number of hydrogen-bond donors (Lipinski definition) is 1. The highest BCUT2D eigenvalue weighted by Crippen LogP contribution is 2.32. The normalized spacial score (nSPS) is 10.5. The Morgan fingerprint density at radius 1 is 1.03 bits per heavy atom. The summed E-state index contributed by atoms with van der Waals surface area (Å²) in [6.07, 6.45) is 4.89. The zero-order valence-corrected chi connectivity index (χ0v) is 15.6. The minimum Gasteiger partial charge on any atom is -0.437 e. The predicted octanol–water partition coefficient (Wildman–Crippen LogP) is 3.06.